The minimum absolute atomic E-state index is 0.0390. The van der Waals surface area contributed by atoms with E-state index in [0.29, 0.717) is 47.8 Å². The molecule has 0 radical (unpaired) electrons. The fourth-order valence-electron chi connectivity index (χ4n) is 3.21. The summed E-state index contributed by atoms with van der Waals surface area (Å²) in [7, 11) is 0. The Morgan fingerprint density at radius 2 is 1.78 bits per heavy atom. The first-order valence-electron chi connectivity index (χ1n) is 10.9. The van der Waals surface area contributed by atoms with Gasteiger partial charge in [-0.05, 0) is 54.5 Å². The van der Waals surface area contributed by atoms with Gasteiger partial charge in [-0.3, -0.25) is 9.48 Å². The van der Waals surface area contributed by atoms with E-state index in [4.69, 9.17) is 9.15 Å². The van der Waals surface area contributed by atoms with Crippen LogP contribution in [0.3, 0.4) is 0 Å². The van der Waals surface area contributed by atoms with E-state index in [-0.39, 0.29) is 18.1 Å². The Bertz CT molecular complexity index is 1280. The SMILES string of the molecule is O=C(CCCn1ccnn1)c1ccc(OCc2coc(C=Cc3ccc(OC(F)(F)F)cc3)n2)cc1. The molecule has 0 saturated carbocycles. The molecule has 0 spiro atoms. The van der Waals surface area contributed by atoms with Gasteiger partial charge < -0.3 is 13.9 Å². The van der Waals surface area contributed by atoms with Crippen molar-refractivity contribution in [2.75, 3.05) is 0 Å². The number of aromatic nitrogens is 4. The summed E-state index contributed by atoms with van der Waals surface area (Å²) in [5, 5.41) is 7.60. The maximum absolute atomic E-state index is 12.3. The third-order valence-electron chi connectivity index (χ3n) is 4.93. The average Bonchev–Trinajstić information content (AvgIpc) is 3.54. The van der Waals surface area contributed by atoms with Crippen LogP contribution in [0.15, 0.2) is 71.6 Å². The monoisotopic (exact) mass is 498 g/mol. The molecule has 2 aromatic carbocycles. The second-order valence-corrected chi connectivity index (χ2v) is 7.63. The normalized spacial score (nSPS) is 11.6. The highest BCUT2D eigenvalue weighted by Gasteiger charge is 2.30. The van der Waals surface area contributed by atoms with Gasteiger partial charge in [0.25, 0.3) is 0 Å². The molecule has 11 heteroatoms. The Balaban J connectivity index is 1.23. The van der Waals surface area contributed by atoms with Crippen LogP contribution >= 0.6 is 0 Å². The lowest BCUT2D eigenvalue weighted by atomic mass is 10.1. The van der Waals surface area contributed by atoms with Crippen molar-refractivity contribution in [1.29, 1.82) is 0 Å². The van der Waals surface area contributed by atoms with Crippen LogP contribution in [0.4, 0.5) is 13.2 Å². The lowest BCUT2D eigenvalue weighted by Gasteiger charge is -2.08. The fraction of sp³-hybridized carbons (Fsp3) is 0.200. The zero-order valence-corrected chi connectivity index (χ0v) is 18.9. The Kier molecular flexibility index (Phi) is 7.79. The van der Waals surface area contributed by atoms with Crippen molar-refractivity contribution in [3.63, 3.8) is 0 Å². The minimum atomic E-state index is -4.73. The summed E-state index contributed by atoms with van der Waals surface area (Å²) in [4.78, 5) is 16.6. The molecule has 0 N–H and O–H groups in total. The number of benzene rings is 2. The van der Waals surface area contributed by atoms with Gasteiger partial charge in [0.05, 0.1) is 6.20 Å². The molecule has 0 aliphatic heterocycles. The Hall–Kier alpha value is -4.41. The number of carbonyl (C=O) groups is 1. The van der Waals surface area contributed by atoms with Gasteiger partial charge in [0.2, 0.25) is 5.89 Å². The van der Waals surface area contributed by atoms with Crippen molar-refractivity contribution in [2.24, 2.45) is 0 Å². The molecule has 186 valence electrons. The summed E-state index contributed by atoms with van der Waals surface area (Å²) in [5.41, 5.74) is 1.80. The molecule has 0 atom stereocenters. The summed E-state index contributed by atoms with van der Waals surface area (Å²) >= 11 is 0. The molecule has 0 unspecified atom stereocenters. The number of aryl methyl sites for hydroxylation is 1. The molecule has 0 amide bonds. The van der Waals surface area contributed by atoms with E-state index in [1.54, 1.807) is 53.5 Å². The highest BCUT2D eigenvalue weighted by molar-refractivity contribution is 5.96. The highest BCUT2D eigenvalue weighted by atomic mass is 19.4. The largest absolute Gasteiger partial charge is 0.573 e. The third kappa shape index (κ3) is 7.55. The van der Waals surface area contributed by atoms with Crippen LogP contribution in [0.1, 0.15) is 40.3 Å². The van der Waals surface area contributed by atoms with Crippen molar-refractivity contribution in [3.05, 3.63) is 89.9 Å². The first-order chi connectivity index (χ1) is 17.3. The maximum atomic E-state index is 12.3. The van der Waals surface area contributed by atoms with Crippen LogP contribution < -0.4 is 9.47 Å². The van der Waals surface area contributed by atoms with Gasteiger partial charge in [0.1, 0.15) is 30.1 Å². The van der Waals surface area contributed by atoms with E-state index in [1.165, 1.54) is 30.5 Å². The Morgan fingerprint density at radius 3 is 2.47 bits per heavy atom. The first-order valence-corrected chi connectivity index (χ1v) is 10.9. The van der Waals surface area contributed by atoms with Crippen LogP contribution in [-0.2, 0) is 13.2 Å². The summed E-state index contributed by atoms with van der Waals surface area (Å²) in [6, 6.07) is 12.3. The van der Waals surface area contributed by atoms with Crippen LogP contribution in [0.5, 0.6) is 11.5 Å². The van der Waals surface area contributed by atoms with Crippen LogP contribution in [0.2, 0.25) is 0 Å². The predicted molar refractivity (Wildman–Crippen MR) is 123 cm³/mol. The minimum Gasteiger partial charge on any atom is -0.487 e. The summed E-state index contributed by atoms with van der Waals surface area (Å²) < 4.78 is 53.3. The lowest BCUT2D eigenvalue weighted by Crippen LogP contribution is -2.16. The zero-order valence-electron chi connectivity index (χ0n) is 18.9. The number of hydrogen-bond donors (Lipinski definition) is 0. The number of rotatable bonds is 11. The van der Waals surface area contributed by atoms with Crippen LogP contribution in [0, 0.1) is 0 Å². The number of alkyl halides is 3. The van der Waals surface area contributed by atoms with Crippen LogP contribution in [0.25, 0.3) is 12.2 Å². The molecule has 0 saturated heterocycles. The standard InChI is InChI=1S/C25H21F3N4O4/c26-25(27,28)36-22-8-3-18(4-9-22)5-12-24-30-20(17-35-24)16-34-21-10-6-19(7-11-21)23(33)2-1-14-32-15-13-29-31-32/h3-13,15,17H,1-2,14,16H2. The fourth-order valence-corrected chi connectivity index (χ4v) is 3.21. The molecular formula is C25H21F3N4O4. The number of halogens is 3. The molecule has 4 aromatic rings. The van der Waals surface area contributed by atoms with E-state index in [1.807, 2.05) is 0 Å². The van der Waals surface area contributed by atoms with Gasteiger partial charge in [-0.15, -0.1) is 18.3 Å². The lowest BCUT2D eigenvalue weighted by molar-refractivity contribution is -0.274. The van der Waals surface area contributed by atoms with E-state index >= 15 is 0 Å². The molecule has 0 aliphatic rings. The topological polar surface area (TPSA) is 92.3 Å². The van der Waals surface area contributed by atoms with Crippen molar-refractivity contribution >= 4 is 17.9 Å². The van der Waals surface area contributed by atoms with Crippen molar-refractivity contribution < 1.29 is 31.9 Å². The second kappa shape index (κ2) is 11.3. The number of ether oxygens (including phenoxy) is 2. The molecule has 0 aliphatic carbocycles. The number of Topliss-reactive ketones (excluding diaryl/α,β-unsaturated/α-hetero) is 1. The van der Waals surface area contributed by atoms with Gasteiger partial charge in [-0.25, -0.2) is 4.98 Å². The maximum Gasteiger partial charge on any atom is 0.573 e. The van der Waals surface area contributed by atoms with Crippen molar-refractivity contribution in [2.45, 2.75) is 32.4 Å². The van der Waals surface area contributed by atoms with E-state index in [0.717, 1.165) is 0 Å². The number of carbonyl (C=O) groups excluding carboxylic acids is 1. The third-order valence-corrected chi connectivity index (χ3v) is 4.93. The molecule has 2 heterocycles. The average molecular weight is 498 g/mol. The van der Waals surface area contributed by atoms with Crippen molar-refractivity contribution in [3.8, 4) is 11.5 Å². The van der Waals surface area contributed by atoms with Gasteiger partial charge in [-0.2, -0.15) is 0 Å². The molecular weight excluding hydrogens is 477 g/mol. The van der Waals surface area contributed by atoms with Gasteiger partial charge >= 0.3 is 6.36 Å². The zero-order chi connectivity index (χ0) is 25.4. The number of oxazole rings is 1. The molecule has 36 heavy (non-hydrogen) atoms. The van der Waals surface area contributed by atoms with Gasteiger partial charge in [-0.1, -0.05) is 17.3 Å². The number of hydrogen-bond acceptors (Lipinski definition) is 7. The van der Waals surface area contributed by atoms with E-state index in [9.17, 15) is 18.0 Å². The van der Waals surface area contributed by atoms with Gasteiger partial charge in [0.15, 0.2) is 5.78 Å². The molecule has 8 nitrogen and oxygen atoms in total. The molecule has 0 bridgehead atoms. The molecule has 4 rings (SSSR count). The van der Waals surface area contributed by atoms with Gasteiger partial charge in [0, 0.05) is 30.8 Å². The van der Waals surface area contributed by atoms with E-state index < -0.39 is 6.36 Å². The second-order valence-electron chi connectivity index (χ2n) is 7.63. The Labute approximate surface area is 204 Å². The first kappa shape index (κ1) is 24.7. The molecule has 0 fully saturated rings. The number of nitrogens with zero attached hydrogens (tertiary/aromatic N) is 4. The Morgan fingerprint density at radius 1 is 1.03 bits per heavy atom. The highest BCUT2D eigenvalue weighted by Crippen LogP contribution is 2.23. The van der Waals surface area contributed by atoms with E-state index in [2.05, 4.69) is 20.0 Å². The quantitative estimate of drug-likeness (QED) is 0.249. The molecule has 2 aromatic heterocycles. The predicted octanol–water partition coefficient (Wildman–Crippen LogP) is 5.58. The summed E-state index contributed by atoms with van der Waals surface area (Å²) in [6.45, 7) is 0.789. The van der Waals surface area contributed by atoms with Crippen molar-refractivity contribution in [1.82, 2.24) is 20.0 Å². The smallest absolute Gasteiger partial charge is 0.487 e. The summed E-state index contributed by atoms with van der Waals surface area (Å²) in [6.07, 6.45) is 4.38. The summed E-state index contributed by atoms with van der Waals surface area (Å²) in [5.74, 6) is 0.638. The van der Waals surface area contributed by atoms with Crippen LogP contribution in [-0.4, -0.2) is 32.1 Å². The number of ketones is 1.